The van der Waals surface area contributed by atoms with Crippen molar-refractivity contribution in [3.05, 3.63) is 69.5 Å². The monoisotopic (exact) mass is 487 g/mol. The van der Waals surface area contributed by atoms with Crippen molar-refractivity contribution in [3.8, 4) is 0 Å². The van der Waals surface area contributed by atoms with Gasteiger partial charge in [0.1, 0.15) is 0 Å². The predicted octanol–water partition coefficient (Wildman–Crippen LogP) is 3.86. The van der Waals surface area contributed by atoms with E-state index >= 15 is 0 Å². The summed E-state index contributed by atoms with van der Waals surface area (Å²) in [5, 5.41) is 14.6. The molecular formula is C21H22BrN5O2S. The number of carbonyl (C=O) groups is 2. The van der Waals surface area contributed by atoms with Gasteiger partial charge in [0.15, 0.2) is 11.0 Å². The Balaban J connectivity index is 1.55. The normalized spacial score (nSPS) is 10.7. The number of amides is 2. The number of hydrogen-bond acceptors (Lipinski definition) is 5. The average Bonchev–Trinajstić information content (AvgIpc) is 3.08. The van der Waals surface area contributed by atoms with Gasteiger partial charge in [0.2, 0.25) is 5.91 Å². The quantitative estimate of drug-likeness (QED) is 0.494. The van der Waals surface area contributed by atoms with Gasteiger partial charge in [-0.3, -0.25) is 9.59 Å². The second-order valence-electron chi connectivity index (χ2n) is 6.70. The summed E-state index contributed by atoms with van der Waals surface area (Å²) in [4.78, 5) is 24.7. The minimum Gasteiger partial charge on any atom is -0.345 e. The van der Waals surface area contributed by atoms with Crippen molar-refractivity contribution in [2.45, 2.75) is 25.5 Å². The zero-order valence-electron chi connectivity index (χ0n) is 16.9. The van der Waals surface area contributed by atoms with Crippen LogP contribution in [-0.4, -0.2) is 32.3 Å². The molecule has 156 valence electrons. The van der Waals surface area contributed by atoms with Crippen LogP contribution >= 0.6 is 27.7 Å². The number of carbonyl (C=O) groups excluding carboxylic acids is 2. The number of nitrogens with zero attached hydrogens (tertiary/aromatic N) is 3. The van der Waals surface area contributed by atoms with Gasteiger partial charge in [0, 0.05) is 17.2 Å². The fourth-order valence-electron chi connectivity index (χ4n) is 2.73. The molecule has 0 aliphatic carbocycles. The van der Waals surface area contributed by atoms with Crippen LogP contribution in [-0.2, 0) is 18.4 Å². The van der Waals surface area contributed by atoms with Crippen LogP contribution in [0.4, 0.5) is 5.69 Å². The minimum atomic E-state index is -0.201. The molecule has 3 aromatic rings. The Morgan fingerprint density at radius 2 is 1.87 bits per heavy atom. The van der Waals surface area contributed by atoms with E-state index in [1.54, 1.807) is 16.7 Å². The molecule has 7 nitrogen and oxygen atoms in total. The fourth-order valence-corrected chi connectivity index (χ4v) is 3.92. The summed E-state index contributed by atoms with van der Waals surface area (Å²) in [6.45, 7) is 4.23. The third-order valence-corrected chi connectivity index (χ3v) is 6.37. The first-order chi connectivity index (χ1) is 14.4. The lowest BCUT2D eigenvalue weighted by atomic mass is 10.1. The molecule has 9 heteroatoms. The molecule has 3 rings (SSSR count). The van der Waals surface area contributed by atoms with Crippen LogP contribution in [0.2, 0.25) is 0 Å². The van der Waals surface area contributed by atoms with E-state index in [-0.39, 0.29) is 24.1 Å². The number of aryl methyl sites for hydroxylation is 1. The third kappa shape index (κ3) is 5.28. The molecule has 2 amide bonds. The molecule has 0 fully saturated rings. The van der Waals surface area contributed by atoms with Crippen LogP contribution in [0.5, 0.6) is 0 Å². The predicted molar refractivity (Wildman–Crippen MR) is 122 cm³/mol. The largest absolute Gasteiger partial charge is 0.345 e. The molecule has 0 spiro atoms. The molecule has 30 heavy (non-hydrogen) atoms. The summed E-state index contributed by atoms with van der Waals surface area (Å²) < 4.78 is 2.50. The molecule has 2 N–H and O–H groups in total. The molecule has 0 bridgehead atoms. The maximum Gasteiger partial charge on any atom is 0.252 e. The lowest BCUT2D eigenvalue weighted by Crippen LogP contribution is -2.24. The van der Waals surface area contributed by atoms with Gasteiger partial charge in [-0.1, -0.05) is 36.0 Å². The van der Waals surface area contributed by atoms with Gasteiger partial charge in [-0.05, 0) is 59.1 Å². The van der Waals surface area contributed by atoms with Crippen molar-refractivity contribution in [2.75, 3.05) is 11.1 Å². The van der Waals surface area contributed by atoms with Crippen molar-refractivity contribution in [2.24, 2.45) is 7.05 Å². The maximum absolute atomic E-state index is 12.3. The number of aromatic nitrogens is 3. The van der Waals surface area contributed by atoms with Gasteiger partial charge in [-0.2, -0.15) is 0 Å². The van der Waals surface area contributed by atoms with E-state index in [1.807, 2.05) is 51.2 Å². The van der Waals surface area contributed by atoms with Crippen LogP contribution in [0.25, 0.3) is 0 Å². The van der Waals surface area contributed by atoms with Gasteiger partial charge in [-0.15, -0.1) is 10.2 Å². The number of nitrogens with one attached hydrogen (secondary N) is 2. The van der Waals surface area contributed by atoms with E-state index in [9.17, 15) is 9.59 Å². The van der Waals surface area contributed by atoms with Crippen LogP contribution in [0.3, 0.4) is 0 Å². The average molecular weight is 488 g/mol. The lowest BCUT2D eigenvalue weighted by Gasteiger charge is -2.10. The Hall–Kier alpha value is -2.65. The standard InChI is InChI=1S/C21H22BrN5O2S/c1-13-7-6-10-17(14(13)2)24-19(28)12-30-21-26-25-18(27(21)3)11-23-20(29)15-8-4-5-9-16(15)22/h4-10H,11-12H2,1-3H3,(H,23,29)(H,24,28). The topological polar surface area (TPSA) is 88.9 Å². The molecule has 0 aliphatic heterocycles. The molecule has 0 unspecified atom stereocenters. The van der Waals surface area contributed by atoms with Crippen LogP contribution < -0.4 is 10.6 Å². The Kier molecular flexibility index (Phi) is 7.28. The van der Waals surface area contributed by atoms with Gasteiger partial charge < -0.3 is 15.2 Å². The number of thioether (sulfide) groups is 1. The highest BCUT2D eigenvalue weighted by Crippen LogP contribution is 2.20. The first-order valence-electron chi connectivity index (χ1n) is 9.26. The van der Waals surface area contributed by atoms with Crippen LogP contribution in [0, 0.1) is 13.8 Å². The van der Waals surface area contributed by atoms with Gasteiger partial charge in [0.25, 0.3) is 5.91 Å². The van der Waals surface area contributed by atoms with E-state index in [0.29, 0.717) is 16.5 Å². The van der Waals surface area contributed by atoms with Crippen LogP contribution in [0.1, 0.15) is 27.3 Å². The number of anilines is 1. The SMILES string of the molecule is Cc1cccc(NC(=O)CSc2nnc(CNC(=O)c3ccccc3Br)n2C)c1C. The second-order valence-corrected chi connectivity index (χ2v) is 8.50. The van der Waals surface area contributed by atoms with Crippen molar-refractivity contribution in [1.82, 2.24) is 20.1 Å². The Morgan fingerprint density at radius 3 is 2.63 bits per heavy atom. The number of benzene rings is 2. The lowest BCUT2D eigenvalue weighted by molar-refractivity contribution is -0.113. The van der Waals surface area contributed by atoms with E-state index in [0.717, 1.165) is 21.3 Å². The van der Waals surface area contributed by atoms with E-state index in [2.05, 4.69) is 36.8 Å². The summed E-state index contributed by atoms with van der Waals surface area (Å²) >= 11 is 4.67. The molecule has 2 aromatic carbocycles. The molecule has 0 radical (unpaired) electrons. The second kappa shape index (κ2) is 9.90. The van der Waals surface area contributed by atoms with Gasteiger partial charge in [0.05, 0.1) is 17.9 Å². The number of rotatable bonds is 7. The summed E-state index contributed by atoms with van der Waals surface area (Å²) in [6, 6.07) is 13.0. The molecule has 1 heterocycles. The maximum atomic E-state index is 12.3. The molecule has 0 saturated carbocycles. The molecule has 1 aromatic heterocycles. The summed E-state index contributed by atoms with van der Waals surface area (Å²) in [5.74, 6) is 0.503. The summed E-state index contributed by atoms with van der Waals surface area (Å²) in [5.41, 5.74) is 3.55. The fraction of sp³-hybridized carbons (Fsp3) is 0.238. The van der Waals surface area contributed by atoms with E-state index < -0.39 is 0 Å². The first kappa shape index (κ1) is 22.0. The van der Waals surface area contributed by atoms with Gasteiger partial charge >= 0.3 is 0 Å². The summed E-state index contributed by atoms with van der Waals surface area (Å²) in [6.07, 6.45) is 0. The molecular weight excluding hydrogens is 466 g/mol. The molecule has 0 atom stereocenters. The molecule has 0 aliphatic rings. The van der Waals surface area contributed by atoms with E-state index in [1.165, 1.54) is 11.8 Å². The zero-order chi connectivity index (χ0) is 21.7. The first-order valence-corrected chi connectivity index (χ1v) is 11.0. The molecule has 0 saturated heterocycles. The van der Waals surface area contributed by atoms with Crippen molar-refractivity contribution >= 4 is 45.2 Å². The number of hydrogen-bond donors (Lipinski definition) is 2. The highest BCUT2D eigenvalue weighted by Gasteiger charge is 2.14. The minimum absolute atomic E-state index is 0.111. The Labute approximate surface area is 187 Å². The smallest absolute Gasteiger partial charge is 0.252 e. The zero-order valence-corrected chi connectivity index (χ0v) is 19.3. The Morgan fingerprint density at radius 1 is 1.10 bits per heavy atom. The summed E-state index contributed by atoms with van der Waals surface area (Å²) in [7, 11) is 1.81. The Bertz CT molecular complexity index is 1080. The van der Waals surface area contributed by atoms with Crippen molar-refractivity contribution in [3.63, 3.8) is 0 Å². The van der Waals surface area contributed by atoms with E-state index in [4.69, 9.17) is 0 Å². The van der Waals surface area contributed by atoms with Crippen molar-refractivity contribution in [1.29, 1.82) is 0 Å². The van der Waals surface area contributed by atoms with Gasteiger partial charge in [-0.25, -0.2) is 0 Å². The highest BCUT2D eigenvalue weighted by atomic mass is 79.9. The van der Waals surface area contributed by atoms with Crippen LogP contribution in [0.15, 0.2) is 52.1 Å². The highest BCUT2D eigenvalue weighted by molar-refractivity contribution is 9.10. The van der Waals surface area contributed by atoms with Crippen molar-refractivity contribution < 1.29 is 9.59 Å². The third-order valence-electron chi connectivity index (χ3n) is 4.66. The number of halogens is 1.